The van der Waals surface area contributed by atoms with Crippen molar-refractivity contribution in [2.24, 2.45) is 35.5 Å². The van der Waals surface area contributed by atoms with E-state index in [4.69, 9.17) is 0 Å². The van der Waals surface area contributed by atoms with E-state index in [0.717, 1.165) is 35.5 Å². The topological polar surface area (TPSA) is 0 Å². The normalized spacial score (nSPS) is 51.9. The summed E-state index contributed by atoms with van der Waals surface area (Å²) in [5, 5.41) is 1.57. The Labute approximate surface area is 167 Å². The van der Waals surface area contributed by atoms with Crippen LogP contribution in [0.1, 0.15) is 88.2 Å². The monoisotopic (exact) mass is 378 g/mol. The van der Waals surface area contributed by atoms with Crippen LogP contribution in [-0.2, 0) is 10.8 Å². The molecule has 0 aliphatic heterocycles. The average Bonchev–Trinajstić information content (AvgIpc) is 2.59. The predicted octanol–water partition coefficient (Wildman–Crippen LogP) is 6.12. The summed E-state index contributed by atoms with van der Waals surface area (Å²) in [6, 6.07) is 7.46. The highest BCUT2D eigenvalue weighted by Crippen LogP contribution is 2.65. The molecule has 8 aliphatic carbocycles. The van der Waals surface area contributed by atoms with E-state index in [1.165, 1.54) is 38.5 Å². The maximum Gasteiger partial charge on any atom is -0.00300 e. The number of rotatable bonds is 2. The first-order chi connectivity index (χ1) is 13.1. The molecular formula is C26H35P. The molecule has 1 atom stereocenters. The van der Waals surface area contributed by atoms with Crippen LogP contribution in [0.2, 0.25) is 0 Å². The van der Waals surface area contributed by atoms with Crippen LogP contribution in [0.4, 0.5) is 0 Å². The van der Waals surface area contributed by atoms with Crippen LogP contribution in [-0.4, -0.2) is 0 Å². The van der Waals surface area contributed by atoms with E-state index in [1.54, 1.807) is 43.8 Å². The van der Waals surface area contributed by atoms with E-state index in [2.05, 4.69) is 27.4 Å². The maximum absolute atomic E-state index is 3.20. The zero-order chi connectivity index (χ0) is 17.8. The maximum atomic E-state index is 3.20. The second-order valence-corrected chi connectivity index (χ2v) is 12.8. The molecule has 0 radical (unpaired) electrons. The molecule has 1 aromatic carbocycles. The molecule has 0 amide bonds. The van der Waals surface area contributed by atoms with Gasteiger partial charge in [-0.05, 0) is 140 Å². The lowest BCUT2D eigenvalue weighted by Crippen LogP contribution is -2.53. The van der Waals surface area contributed by atoms with Gasteiger partial charge >= 0.3 is 0 Å². The Hall–Kier alpha value is -0.350. The molecular weight excluding hydrogens is 343 g/mol. The lowest BCUT2D eigenvalue weighted by atomic mass is 9.44. The van der Waals surface area contributed by atoms with Gasteiger partial charge in [0.15, 0.2) is 0 Å². The molecule has 8 aliphatic rings. The number of hydrogen-bond acceptors (Lipinski definition) is 0. The van der Waals surface area contributed by atoms with Crippen LogP contribution in [0.5, 0.6) is 0 Å². The predicted molar refractivity (Wildman–Crippen MR) is 115 cm³/mol. The lowest BCUT2D eigenvalue weighted by molar-refractivity contribution is -0.0170. The SMILES string of the molecule is Pc1cccc(C23CC4CC(CC(C4)C2)C3)c1C12CC3CC(CC(C3)C1)C2. The minimum Gasteiger partial charge on any atom is -0.105 e. The van der Waals surface area contributed by atoms with E-state index in [9.17, 15) is 0 Å². The molecule has 0 heterocycles. The molecule has 8 fully saturated rings. The van der Waals surface area contributed by atoms with E-state index in [-0.39, 0.29) is 0 Å². The summed E-state index contributed by atoms with van der Waals surface area (Å²) in [5.74, 6) is 6.29. The van der Waals surface area contributed by atoms with Crippen molar-refractivity contribution in [1.82, 2.24) is 0 Å². The quantitative estimate of drug-likeness (QED) is 0.544. The molecule has 0 nitrogen and oxygen atoms in total. The summed E-state index contributed by atoms with van der Waals surface area (Å²) < 4.78 is 0. The first-order valence-corrected chi connectivity index (χ1v) is 12.6. The first-order valence-electron chi connectivity index (χ1n) is 12.0. The van der Waals surface area contributed by atoms with Gasteiger partial charge in [-0.25, -0.2) is 0 Å². The first kappa shape index (κ1) is 16.4. The van der Waals surface area contributed by atoms with E-state index >= 15 is 0 Å². The van der Waals surface area contributed by atoms with Crippen molar-refractivity contribution in [1.29, 1.82) is 0 Å². The second kappa shape index (κ2) is 5.41. The summed E-state index contributed by atoms with van der Waals surface area (Å²) in [6.07, 6.45) is 18.5. The fourth-order valence-electron chi connectivity index (χ4n) is 10.5. The molecule has 8 saturated carbocycles. The highest BCUT2D eigenvalue weighted by atomic mass is 31.0. The molecule has 1 heteroatoms. The molecule has 0 N–H and O–H groups in total. The van der Waals surface area contributed by atoms with Crippen LogP contribution >= 0.6 is 9.24 Å². The molecule has 144 valence electrons. The third-order valence-corrected chi connectivity index (χ3v) is 10.8. The van der Waals surface area contributed by atoms with Crippen molar-refractivity contribution in [2.75, 3.05) is 0 Å². The Kier molecular flexibility index (Phi) is 3.30. The van der Waals surface area contributed by atoms with Crippen molar-refractivity contribution in [2.45, 2.75) is 87.9 Å². The molecule has 0 aromatic heterocycles. The van der Waals surface area contributed by atoms with Gasteiger partial charge < -0.3 is 0 Å². The van der Waals surface area contributed by atoms with Gasteiger partial charge in [0.2, 0.25) is 0 Å². The lowest BCUT2D eigenvalue weighted by Gasteiger charge is -2.61. The third-order valence-electron chi connectivity index (χ3n) is 10.3. The second-order valence-electron chi connectivity index (χ2n) is 12.2. The molecule has 27 heavy (non-hydrogen) atoms. The zero-order valence-electron chi connectivity index (χ0n) is 16.8. The molecule has 8 bridgehead atoms. The summed E-state index contributed by atoms with van der Waals surface area (Å²) in [6.45, 7) is 0. The Bertz CT molecular complexity index is 719. The van der Waals surface area contributed by atoms with Crippen LogP contribution < -0.4 is 5.30 Å². The van der Waals surface area contributed by atoms with Crippen LogP contribution in [0.25, 0.3) is 0 Å². The van der Waals surface area contributed by atoms with Crippen molar-refractivity contribution < 1.29 is 0 Å². The van der Waals surface area contributed by atoms with Gasteiger partial charge in [-0.3, -0.25) is 0 Å². The van der Waals surface area contributed by atoms with Crippen molar-refractivity contribution in [3.8, 4) is 0 Å². The minimum absolute atomic E-state index is 0.547. The zero-order valence-corrected chi connectivity index (χ0v) is 17.9. The Morgan fingerprint density at radius 2 is 1.00 bits per heavy atom. The largest absolute Gasteiger partial charge is 0.105 e. The fourth-order valence-corrected chi connectivity index (χ4v) is 11.0. The number of hydrogen-bond donors (Lipinski definition) is 0. The van der Waals surface area contributed by atoms with E-state index in [1.807, 2.05) is 11.1 Å². The summed E-state index contributed by atoms with van der Waals surface area (Å²) in [7, 11) is 3.20. The third kappa shape index (κ3) is 2.26. The molecule has 1 aromatic rings. The van der Waals surface area contributed by atoms with Crippen LogP contribution in [0.15, 0.2) is 18.2 Å². The average molecular weight is 379 g/mol. The fraction of sp³-hybridized carbons (Fsp3) is 0.769. The number of benzene rings is 1. The standard InChI is InChI=1S/C26H35P/c27-23-3-1-2-22(25-10-16-4-17(11-25)6-18(5-16)12-25)24(23)26-13-19-7-20(14-26)9-21(8-19)15-26/h1-3,16-21H,4-15,27H2. The minimum atomic E-state index is 0.547. The van der Waals surface area contributed by atoms with Crippen molar-refractivity contribution in [3.05, 3.63) is 29.3 Å². The Morgan fingerprint density at radius 1 is 0.593 bits per heavy atom. The van der Waals surface area contributed by atoms with Gasteiger partial charge in [-0.1, -0.05) is 18.2 Å². The van der Waals surface area contributed by atoms with Gasteiger partial charge in [-0.2, -0.15) is 0 Å². The van der Waals surface area contributed by atoms with Gasteiger partial charge in [0.25, 0.3) is 0 Å². The molecule has 0 saturated heterocycles. The van der Waals surface area contributed by atoms with Gasteiger partial charge in [0.1, 0.15) is 0 Å². The van der Waals surface area contributed by atoms with E-state index < -0.39 is 0 Å². The summed E-state index contributed by atoms with van der Waals surface area (Å²) >= 11 is 0. The van der Waals surface area contributed by atoms with Crippen molar-refractivity contribution >= 4 is 14.5 Å². The Balaban J connectivity index is 1.39. The van der Waals surface area contributed by atoms with Gasteiger partial charge in [0.05, 0.1) is 0 Å². The van der Waals surface area contributed by atoms with Crippen molar-refractivity contribution in [3.63, 3.8) is 0 Å². The summed E-state index contributed by atoms with van der Waals surface area (Å²) in [4.78, 5) is 0. The molecule has 0 spiro atoms. The van der Waals surface area contributed by atoms with Crippen LogP contribution in [0.3, 0.4) is 0 Å². The highest BCUT2D eigenvalue weighted by molar-refractivity contribution is 7.27. The van der Waals surface area contributed by atoms with E-state index in [0.29, 0.717) is 10.8 Å². The van der Waals surface area contributed by atoms with Gasteiger partial charge in [0, 0.05) is 0 Å². The van der Waals surface area contributed by atoms with Crippen LogP contribution in [0, 0.1) is 35.5 Å². The summed E-state index contributed by atoms with van der Waals surface area (Å²) in [5.41, 5.74) is 4.83. The molecule has 9 rings (SSSR count). The Morgan fingerprint density at radius 3 is 1.44 bits per heavy atom. The highest BCUT2D eigenvalue weighted by Gasteiger charge is 2.56. The smallest absolute Gasteiger partial charge is 0.00300 e. The molecule has 1 unspecified atom stereocenters. The van der Waals surface area contributed by atoms with Gasteiger partial charge in [-0.15, -0.1) is 9.24 Å².